The largest absolute Gasteiger partial charge is 0.393 e. The Bertz CT molecular complexity index is 155. The molecule has 1 aliphatic carbocycles. The highest BCUT2D eigenvalue weighted by Crippen LogP contribution is 2.41. The van der Waals surface area contributed by atoms with Crippen molar-refractivity contribution in [2.45, 2.75) is 37.7 Å². The van der Waals surface area contributed by atoms with Crippen LogP contribution < -0.4 is 0 Å². The summed E-state index contributed by atoms with van der Waals surface area (Å²) >= 11 is 5.64. The molecule has 12 heavy (non-hydrogen) atoms. The first-order valence-electron chi connectivity index (χ1n) is 4.12. The van der Waals surface area contributed by atoms with E-state index in [1.54, 1.807) is 0 Å². The van der Waals surface area contributed by atoms with E-state index in [9.17, 15) is 13.2 Å². The first-order valence-corrected chi connectivity index (χ1v) is 4.55. The Balaban J connectivity index is 2.57. The number of alkyl halides is 4. The molecule has 0 bridgehead atoms. The average Bonchev–Trinajstić information content (AvgIpc) is 1.83. The van der Waals surface area contributed by atoms with Gasteiger partial charge in [0, 0.05) is 5.38 Å². The van der Waals surface area contributed by atoms with Gasteiger partial charge in [-0.1, -0.05) is 13.3 Å². The molecule has 0 nitrogen and oxygen atoms in total. The number of hydrogen-bond donors (Lipinski definition) is 0. The van der Waals surface area contributed by atoms with Crippen molar-refractivity contribution in [1.29, 1.82) is 0 Å². The molecule has 0 spiro atoms. The summed E-state index contributed by atoms with van der Waals surface area (Å²) in [4.78, 5) is 0. The third-order valence-corrected chi connectivity index (χ3v) is 2.94. The Labute approximate surface area is 75.1 Å². The van der Waals surface area contributed by atoms with Gasteiger partial charge in [-0.3, -0.25) is 0 Å². The van der Waals surface area contributed by atoms with Gasteiger partial charge < -0.3 is 0 Å². The number of rotatable bonds is 0. The number of halogens is 4. The summed E-state index contributed by atoms with van der Waals surface area (Å²) in [6.45, 7) is 1.95. The maximum absolute atomic E-state index is 12.2. The van der Waals surface area contributed by atoms with Crippen LogP contribution in [0, 0.1) is 11.8 Å². The van der Waals surface area contributed by atoms with Gasteiger partial charge in [0.15, 0.2) is 0 Å². The first-order chi connectivity index (χ1) is 5.41. The zero-order valence-corrected chi connectivity index (χ0v) is 7.62. The minimum absolute atomic E-state index is 0.193. The summed E-state index contributed by atoms with van der Waals surface area (Å²) in [5, 5.41) is -0.714. The van der Waals surface area contributed by atoms with Crippen LogP contribution in [0.4, 0.5) is 13.2 Å². The van der Waals surface area contributed by atoms with E-state index in [0.717, 1.165) is 0 Å². The van der Waals surface area contributed by atoms with E-state index in [1.165, 1.54) is 0 Å². The Morgan fingerprint density at radius 3 is 2.25 bits per heavy atom. The topological polar surface area (TPSA) is 0 Å². The zero-order chi connectivity index (χ0) is 9.35. The Hall–Kier alpha value is 0.0800. The molecule has 0 aromatic heterocycles. The van der Waals surface area contributed by atoms with E-state index >= 15 is 0 Å². The second kappa shape index (κ2) is 3.44. The molecule has 0 amide bonds. The van der Waals surface area contributed by atoms with Crippen molar-refractivity contribution < 1.29 is 13.2 Å². The van der Waals surface area contributed by atoms with Gasteiger partial charge in [0.25, 0.3) is 0 Å². The van der Waals surface area contributed by atoms with Crippen LogP contribution in [0.25, 0.3) is 0 Å². The summed E-state index contributed by atoms with van der Waals surface area (Å²) in [6, 6.07) is 0. The monoisotopic (exact) mass is 200 g/mol. The molecule has 0 N–H and O–H groups in total. The van der Waals surface area contributed by atoms with Crippen LogP contribution in [0.1, 0.15) is 26.2 Å². The van der Waals surface area contributed by atoms with E-state index in [0.29, 0.717) is 18.8 Å². The molecule has 3 atom stereocenters. The molecule has 1 aliphatic rings. The third kappa shape index (κ3) is 2.28. The lowest BCUT2D eigenvalue weighted by Gasteiger charge is -2.32. The quantitative estimate of drug-likeness (QED) is 0.525. The summed E-state index contributed by atoms with van der Waals surface area (Å²) < 4.78 is 36.7. The van der Waals surface area contributed by atoms with Crippen molar-refractivity contribution in [3.05, 3.63) is 0 Å². The zero-order valence-electron chi connectivity index (χ0n) is 6.87. The lowest BCUT2D eigenvalue weighted by Crippen LogP contribution is -2.35. The van der Waals surface area contributed by atoms with Crippen LogP contribution in [0.15, 0.2) is 0 Å². The summed E-state index contributed by atoms with van der Waals surface area (Å²) in [5.74, 6) is -0.943. The number of hydrogen-bond acceptors (Lipinski definition) is 0. The summed E-state index contributed by atoms with van der Waals surface area (Å²) in [5.41, 5.74) is 0. The van der Waals surface area contributed by atoms with Crippen LogP contribution in [0.2, 0.25) is 0 Å². The highest BCUT2D eigenvalue weighted by atomic mass is 35.5. The van der Waals surface area contributed by atoms with Gasteiger partial charge in [-0.05, 0) is 18.8 Å². The van der Waals surface area contributed by atoms with Crippen LogP contribution >= 0.6 is 11.6 Å². The van der Waals surface area contributed by atoms with Crippen molar-refractivity contribution >= 4 is 11.6 Å². The van der Waals surface area contributed by atoms with Crippen molar-refractivity contribution in [2.75, 3.05) is 0 Å². The van der Waals surface area contributed by atoms with Crippen molar-refractivity contribution in [3.63, 3.8) is 0 Å². The minimum Gasteiger partial charge on any atom is -0.171 e. The molecular formula is C8H12ClF3. The Morgan fingerprint density at radius 1 is 1.25 bits per heavy atom. The maximum Gasteiger partial charge on any atom is 0.393 e. The van der Waals surface area contributed by atoms with Gasteiger partial charge in [0.1, 0.15) is 0 Å². The highest BCUT2D eigenvalue weighted by Gasteiger charge is 2.45. The lowest BCUT2D eigenvalue weighted by atomic mass is 9.82. The fraction of sp³-hybridized carbons (Fsp3) is 1.00. The van der Waals surface area contributed by atoms with Gasteiger partial charge >= 0.3 is 6.18 Å². The SMILES string of the molecule is CC1CC[C@@H](C(F)(F)F)C(Cl)C1. The molecule has 4 heteroatoms. The average molecular weight is 201 g/mol. The van der Waals surface area contributed by atoms with Gasteiger partial charge in [0.05, 0.1) is 5.92 Å². The van der Waals surface area contributed by atoms with E-state index in [1.807, 2.05) is 6.92 Å². The highest BCUT2D eigenvalue weighted by molar-refractivity contribution is 6.20. The van der Waals surface area contributed by atoms with Gasteiger partial charge in [0.2, 0.25) is 0 Å². The van der Waals surface area contributed by atoms with Crippen molar-refractivity contribution in [3.8, 4) is 0 Å². The molecular weight excluding hydrogens is 189 g/mol. The lowest BCUT2D eigenvalue weighted by molar-refractivity contribution is -0.182. The maximum atomic E-state index is 12.2. The summed E-state index contributed by atoms with van der Waals surface area (Å²) in [7, 11) is 0. The van der Waals surface area contributed by atoms with E-state index in [2.05, 4.69) is 0 Å². The molecule has 0 heterocycles. The van der Waals surface area contributed by atoms with Crippen LogP contribution in [0.3, 0.4) is 0 Å². The van der Waals surface area contributed by atoms with Crippen molar-refractivity contribution in [2.24, 2.45) is 11.8 Å². The molecule has 0 aromatic rings. The predicted octanol–water partition coefficient (Wildman–Crippen LogP) is 3.59. The van der Waals surface area contributed by atoms with Gasteiger partial charge in [-0.25, -0.2) is 0 Å². The standard InChI is InChI=1S/C8H12ClF3/c1-5-2-3-6(7(9)4-5)8(10,11)12/h5-7H,2-4H2,1H3/t5?,6-,7?/m1/s1. The molecule has 2 unspecified atom stereocenters. The molecule has 0 aliphatic heterocycles. The van der Waals surface area contributed by atoms with Gasteiger partial charge in [-0.2, -0.15) is 13.2 Å². The molecule has 1 saturated carbocycles. The third-order valence-electron chi connectivity index (χ3n) is 2.46. The molecule has 0 aromatic carbocycles. The molecule has 0 saturated heterocycles. The van der Waals surface area contributed by atoms with Crippen LogP contribution in [-0.4, -0.2) is 11.6 Å². The molecule has 1 fully saturated rings. The fourth-order valence-electron chi connectivity index (χ4n) is 1.68. The molecule has 1 rings (SSSR count). The van der Waals surface area contributed by atoms with Crippen molar-refractivity contribution in [1.82, 2.24) is 0 Å². The van der Waals surface area contributed by atoms with Gasteiger partial charge in [-0.15, -0.1) is 11.6 Å². The fourth-order valence-corrected chi connectivity index (χ4v) is 2.25. The summed E-state index contributed by atoms with van der Waals surface area (Å²) in [6.07, 6.45) is -2.77. The first kappa shape index (κ1) is 10.2. The van der Waals surface area contributed by atoms with Crippen LogP contribution in [0.5, 0.6) is 0 Å². The van der Waals surface area contributed by atoms with Crippen LogP contribution in [-0.2, 0) is 0 Å². The smallest absolute Gasteiger partial charge is 0.171 e. The second-order valence-electron chi connectivity index (χ2n) is 3.58. The Kier molecular flexibility index (Phi) is 2.92. The predicted molar refractivity (Wildman–Crippen MR) is 42.2 cm³/mol. The molecule has 0 radical (unpaired) electrons. The van der Waals surface area contributed by atoms with E-state index in [-0.39, 0.29) is 6.42 Å². The minimum atomic E-state index is -4.10. The normalized spacial score (nSPS) is 38.2. The van der Waals surface area contributed by atoms with E-state index < -0.39 is 17.5 Å². The Morgan fingerprint density at radius 2 is 1.83 bits per heavy atom. The second-order valence-corrected chi connectivity index (χ2v) is 4.14. The molecule has 72 valence electrons. The van der Waals surface area contributed by atoms with E-state index in [4.69, 9.17) is 11.6 Å².